The van der Waals surface area contributed by atoms with E-state index in [1.807, 2.05) is 0 Å². The summed E-state index contributed by atoms with van der Waals surface area (Å²) < 4.78 is 36.2. The summed E-state index contributed by atoms with van der Waals surface area (Å²) in [6.07, 6.45) is 1.21. The van der Waals surface area contributed by atoms with Gasteiger partial charge in [-0.2, -0.15) is 0 Å². The largest absolute Gasteiger partial charge is 0.271 e. The molecule has 0 aliphatic rings. The summed E-state index contributed by atoms with van der Waals surface area (Å²) in [5.41, 5.74) is 2.66. The van der Waals surface area contributed by atoms with Gasteiger partial charge in [0.1, 0.15) is 15.7 Å². The van der Waals surface area contributed by atoms with Crippen molar-refractivity contribution in [3.05, 3.63) is 30.1 Å². The number of hydrogen-bond donors (Lipinski definition) is 2. The quantitative estimate of drug-likeness (QED) is 0.413. The van der Waals surface area contributed by atoms with E-state index in [1.54, 1.807) is 25.1 Å². The van der Waals surface area contributed by atoms with Gasteiger partial charge in [0.15, 0.2) is 0 Å². The van der Waals surface area contributed by atoms with Crippen molar-refractivity contribution in [2.24, 2.45) is 5.84 Å². The van der Waals surface area contributed by atoms with Crippen LogP contribution in [0.15, 0.2) is 29.2 Å². The number of nitrogens with two attached hydrogens (primary N) is 1. The Morgan fingerprint density at radius 1 is 1.40 bits per heavy atom. The molecule has 20 heavy (non-hydrogen) atoms. The summed E-state index contributed by atoms with van der Waals surface area (Å²) in [5.74, 6) is 6.14. The number of thioether (sulfide) groups is 1. The number of rotatable bonds is 9. The summed E-state index contributed by atoms with van der Waals surface area (Å²) in [5, 5.41) is 0. The molecule has 0 saturated carbocycles. The van der Waals surface area contributed by atoms with Crippen LogP contribution in [0.3, 0.4) is 0 Å². The van der Waals surface area contributed by atoms with Crippen molar-refractivity contribution in [1.29, 1.82) is 0 Å². The van der Waals surface area contributed by atoms with Gasteiger partial charge in [0.2, 0.25) is 0 Å². The average molecular weight is 320 g/mol. The number of hydrogen-bond acceptors (Lipinski definition) is 5. The van der Waals surface area contributed by atoms with Crippen molar-refractivity contribution < 1.29 is 12.8 Å². The van der Waals surface area contributed by atoms with E-state index < -0.39 is 9.84 Å². The second-order valence-electron chi connectivity index (χ2n) is 4.48. The molecule has 0 saturated heterocycles. The highest BCUT2D eigenvalue weighted by Crippen LogP contribution is 2.22. The van der Waals surface area contributed by atoms with Gasteiger partial charge in [-0.25, -0.2) is 12.8 Å². The Balaban J connectivity index is 2.39. The maximum absolute atomic E-state index is 13.4. The Bertz CT molecular complexity index is 509. The first-order valence-corrected chi connectivity index (χ1v) is 9.33. The highest BCUT2D eigenvalue weighted by Gasteiger charge is 2.12. The molecule has 1 rings (SSSR count). The zero-order valence-electron chi connectivity index (χ0n) is 11.5. The summed E-state index contributed by atoms with van der Waals surface area (Å²) in [4.78, 5) is 0.578. The third kappa shape index (κ3) is 6.21. The molecule has 0 aromatic heterocycles. The molecule has 0 radical (unpaired) electrons. The van der Waals surface area contributed by atoms with Crippen LogP contribution in [0.25, 0.3) is 0 Å². The summed E-state index contributed by atoms with van der Waals surface area (Å²) in [6, 6.07) is 6.53. The normalized spacial score (nSPS) is 13.3. The van der Waals surface area contributed by atoms with Crippen molar-refractivity contribution >= 4 is 21.6 Å². The van der Waals surface area contributed by atoms with E-state index in [1.165, 1.54) is 17.8 Å². The molecule has 0 aliphatic heterocycles. The summed E-state index contributed by atoms with van der Waals surface area (Å²) in [6.45, 7) is 1.64. The van der Waals surface area contributed by atoms with Gasteiger partial charge in [0, 0.05) is 22.4 Å². The SMILES string of the molecule is CCS(=O)(=O)CCCC(CSc1ccccc1F)NN. The molecule has 114 valence electrons. The number of benzene rings is 1. The van der Waals surface area contributed by atoms with Gasteiger partial charge in [-0.3, -0.25) is 11.3 Å². The lowest BCUT2D eigenvalue weighted by atomic mass is 10.2. The van der Waals surface area contributed by atoms with E-state index in [2.05, 4.69) is 5.43 Å². The van der Waals surface area contributed by atoms with Gasteiger partial charge >= 0.3 is 0 Å². The van der Waals surface area contributed by atoms with Crippen LogP contribution in [0.4, 0.5) is 4.39 Å². The second kappa shape index (κ2) is 8.61. The third-order valence-electron chi connectivity index (χ3n) is 2.96. The van der Waals surface area contributed by atoms with Crippen molar-refractivity contribution in [2.45, 2.75) is 30.7 Å². The van der Waals surface area contributed by atoms with Gasteiger partial charge in [-0.05, 0) is 25.0 Å². The lowest BCUT2D eigenvalue weighted by Gasteiger charge is -2.15. The third-order valence-corrected chi connectivity index (χ3v) is 5.96. The Morgan fingerprint density at radius 3 is 2.70 bits per heavy atom. The molecule has 4 nitrogen and oxygen atoms in total. The number of sulfone groups is 1. The maximum atomic E-state index is 13.4. The minimum absolute atomic E-state index is 0.0355. The van der Waals surface area contributed by atoms with E-state index >= 15 is 0 Å². The van der Waals surface area contributed by atoms with Crippen LogP contribution >= 0.6 is 11.8 Å². The van der Waals surface area contributed by atoms with Crippen LogP contribution in [0, 0.1) is 5.82 Å². The monoisotopic (exact) mass is 320 g/mol. The van der Waals surface area contributed by atoms with Crippen LogP contribution in [0.1, 0.15) is 19.8 Å². The molecule has 0 amide bonds. The fourth-order valence-electron chi connectivity index (χ4n) is 1.66. The van der Waals surface area contributed by atoms with Crippen LogP contribution in [0.2, 0.25) is 0 Å². The lowest BCUT2D eigenvalue weighted by molar-refractivity contribution is 0.527. The molecule has 0 aliphatic carbocycles. The Kier molecular flexibility index (Phi) is 7.50. The second-order valence-corrected chi connectivity index (χ2v) is 8.02. The smallest absolute Gasteiger partial charge is 0.150 e. The average Bonchev–Trinajstić information content (AvgIpc) is 2.44. The van der Waals surface area contributed by atoms with Crippen LogP contribution in [-0.2, 0) is 9.84 Å². The molecule has 0 fully saturated rings. The highest BCUT2D eigenvalue weighted by atomic mass is 32.2. The topological polar surface area (TPSA) is 72.2 Å². The van der Waals surface area contributed by atoms with Crippen molar-refractivity contribution in [1.82, 2.24) is 5.43 Å². The first-order chi connectivity index (χ1) is 9.48. The van der Waals surface area contributed by atoms with E-state index in [0.717, 1.165) is 0 Å². The predicted molar refractivity (Wildman–Crippen MR) is 81.8 cm³/mol. The summed E-state index contributed by atoms with van der Waals surface area (Å²) >= 11 is 1.38. The zero-order chi connectivity index (χ0) is 15.0. The fourth-order valence-corrected chi connectivity index (χ4v) is 3.58. The molecule has 1 unspecified atom stereocenters. The molecule has 7 heteroatoms. The van der Waals surface area contributed by atoms with Gasteiger partial charge < -0.3 is 0 Å². The standard InChI is InChI=1S/C13H21FN2O2S2/c1-2-20(17,18)9-5-6-11(16-15)10-19-13-8-4-3-7-12(13)14/h3-4,7-8,11,16H,2,5-6,9-10,15H2,1H3. The first kappa shape index (κ1) is 17.4. The molecule has 3 N–H and O–H groups in total. The molecule has 1 atom stereocenters. The number of halogens is 1. The minimum atomic E-state index is -2.93. The number of hydrazine groups is 1. The van der Waals surface area contributed by atoms with E-state index in [4.69, 9.17) is 5.84 Å². The van der Waals surface area contributed by atoms with E-state index in [9.17, 15) is 12.8 Å². The molecule has 1 aromatic rings. The van der Waals surface area contributed by atoms with Crippen molar-refractivity contribution in [2.75, 3.05) is 17.3 Å². The Morgan fingerprint density at radius 2 is 2.10 bits per heavy atom. The number of nitrogens with one attached hydrogen (secondary N) is 1. The Labute approximate surface area is 124 Å². The molecule has 1 aromatic carbocycles. The molecule has 0 heterocycles. The molecular formula is C13H21FN2O2S2. The van der Waals surface area contributed by atoms with Crippen LogP contribution in [0.5, 0.6) is 0 Å². The minimum Gasteiger partial charge on any atom is -0.271 e. The van der Waals surface area contributed by atoms with Crippen LogP contribution < -0.4 is 11.3 Å². The first-order valence-electron chi connectivity index (χ1n) is 6.52. The van der Waals surface area contributed by atoms with E-state index in [0.29, 0.717) is 23.5 Å². The van der Waals surface area contributed by atoms with Gasteiger partial charge in [-0.1, -0.05) is 19.1 Å². The molecule has 0 bridgehead atoms. The van der Waals surface area contributed by atoms with E-state index in [-0.39, 0.29) is 23.4 Å². The van der Waals surface area contributed by atoms with Crippen molar-refractivity contribution in [3.8, 4) is 0 Å². The highest BCUT2D eigenvalue weighted by molar-refractivity contribution is 7.99. The summed E-state index contributed by atoms with van der Waals surface area (Å²) in [7, 11) is -2.93. The van der Waals surface area contributed by atoms with Gasteiger partial charge in [-0.15, -0.1) is 11.8 Å². The van der Waals surface area contributed by atoms with Crippen LogP contribution in [-0.4, -0.2) is 31.7 Å². The van der Waals surface area contributed by atoms with Gasteiger partial charge in [0.05, 0.1) is 5.75 Å². The zero-order valence-corrected chi connectivity index (χ0v) is 13.1. The van der Waals surface area contributed by atoms with Crippen molar-refractivity contribution in [3.63, 3.8) is 0 Å². The lowest BCUT2D eigenvalue weighted by Crippen LogP contribution is -2.37. The maximum Gasteiger partial charge on any atom is 0.150 e. The molecule has 0 spiro atoms. The van der Waals surface area contributed by atoms with Gasteiger partial charge in [0.25, 0.3) is 0 Å². The molecular weight excluding hydrogens is 299 g/mol. The Hall–Kier alpha value is -0.630. The predicted octanol–water partition coefficient (Wildman–Crippen LogP) is 1.96. The fraction of sp³-hybridized carbons (Fsp3) is 0.538.